The summed E-state index contributed by atoms with van der Waals surface area (Å²) in [6.07, 6.45) is 5.23. The van der Waals surface area contributed by atoms with Crippen LogP contribution >= 0.6 is 0 Å². The quantitative estimate of drug-likeness (QED) is 0.838. The maximum atomic E-state index is 12.7. The minimum Gasteiger partial charge on any atom is -0.481 e. The Kier molecular flexibility index (Phi) is 4.71. The average Bonchev–Trinajstić information content (AvgIpc) is 2.58. The lowest BCUT2D eigenvalue weighted by atomic mass is 9.89. The predicted octanol–water partition coefficient (Wildman–Crippen LogP) is 0.484. The van der Waals surface area contributed by atoms with E-state index in [4.69, 9.17) is 4.74 Å². The second-order valence-corrected chi connectivity index (χ2v) is 6.51. The van der Waals surface area contributed by atoms with E-state index in [9.17, 15) is 19.5 Å². The van der Waals surface area contributed by atoms with Crippen molar-refractivity contribution in [3.63, 3.8) is 0 Å². The van der Waals surface area contributed by atoms with Gasteiger partial charge in [0, 0.05) is 25.4 Å². The third-order valence-corrected chi connectivity index (χ3v) is 4.93. The highest BCUT2D eigenvalue weighted by Gasteiger charge is 2.33. The van der Waals surface area contributed by atoms with Crippen molar-refractivity contribution in [2.75, 3.05) is 13.2 Å². The van der Waals surface area contributed by atoms with Gasteiger partial charge in [0.1, 0.15) is 0 Å². The van der Waals surface area contributed by atoms with Crippen molar-refractivity contribution < 1.29 is 19.4 Å². The van der Waals surface area contributed by atoms with Crippen LogP contribution in [0.5, 0.6) is 0 Å². The van der Waals surface area contributed by atoms with Crippen LogP contribution in [0.25, 0.3) is 0 Å². The molecule has 1 aromatic rings. The van der Waals surface area contributed by atoms with Crippen LogP contribution in [0.2, 0.25) is 0 Å². The van der Waals surface area contributed by atoms with Crippen LogP contribution in [0.1, 0.15) is 40.7 Å². The second kappa shape index (κ2) is 6.76. The summed E-state index contributed by atoms with van der Waals surface area (Å²) in [6.45, 7) is 0.579. The van der Waals surface area contributed by atoms with E-state index in [2.05, 4.69) is 5.32 Å². The molecular formula is C17H22N2O5. The topological polar surface area (TPSA) is 97.6 Å². The highest BCUT2D eigenvalue weighted by Crippen LogP contribution is 2.23. The summed E-state index contributed by atoms with van der Waals surface area (Å²) in [5, 5.41) is 12.1. The number of nitrogens with one attached hydrogen (secondary N) is 1. The zero-order valence-corrected chi connectivity index (χ0v) is 13.7. The van der Waals surface area contributed by atoms with Crippen LogP contribution in [0.4, 0.5) is 0 Å². The maximum Gasteiger partial charge on any atom is 0.308 e. The van der Waals surface area contributed by atoms with Crippen molar-refractivity contribution in [2.24, 2.45) is 13.0 Å². The van der Waals surface area contributed by atoms with Crippen molar-refractivity contribution in [1.29, 1.82) is 0 Å². The van der Waals surface area contributed by atoms with E-state index < -0.39 is 17.9 Å². The van der Waals surface area contributed by atoms with Gasteiger partial charge in [0.25, 0.3) is 11.5 Å². The van der Waals surface area contributed by atoms with Gasteiger partial charge in [-0.2, -0.15) is 0 Å². The number of carbonyl (C=O) groups excluding carboxylic acids is 1. The molecule has 1 amide bonds. The summed E-state index contributed by atoms with van der Waals surface area (Å²) in [4.78, 5) is 36.4. The Balaban J connectivity index is 1.89. The standard InChI is InChI=1S/C17H22N2O5/c1-19-8-13(10-4-2-3-5-11(10)16(19)21)15(20)18-14-9-24-7-6-12(14)17(22)23/h8,12,14H,2-7,9H2,1H3,(H,18,20)(H,22,23)/t12-,14+/m0/s1. The number of carboxylic acids is 1. The maximum absolute atomic E-state index is 12.7. The number of aliphatic carboxylic acids is 1. The monoisotopic (exact) mass is 334 g/mol. The van der Waals surface area contributed by atoms with Crippen LogP contribution in [0, 0.1) is 5.92 Å². The summed E-state index contributed by atoms with van der Waals surface area (Å²) in [5.41, 5.74) is 1.95. The number of pyridine rings is 1. The minimum atomic E-state index is -0.925. The van der Waals surface area contributed by atoms with E-state index in [1.807, 2.05) is 0 Å². The Hall–Kier alpha value is -2.15. The van der Waals surface area contributed by atoms with Crippen molar-refractivity contribution in [3.05, 3.63) is 33.2 Å². The van der Waals surface area contributed by atoms with Crippen molar-refractivity contribution in [2.45, 2.75) is 38.1 Å². The van der Waals surface area contributed by atoms with Gasteiger partial charge in [-0.3, -0.25) is 14.4 Å². The van der Waals surface area contributed by atoms with Gasteiger partial charge in [-0.1, -0.05) is 0 Å². The largest absolute Gasteiger partial charge is 0.481 e. The van der Waals surface area contributed by atoms with E-state index in [-0.39, 0.29) is 18.1 Å². The molecule has 1 aromatic heterocycles. The highest BCUT2D eigenvalue weighted by atomic mass is 16.5. The average molecular weight is 334 g/mol. The predicted molar refractivity (Wildman–Crippen MR) is 86.1 cm³/mol. The third-order valence-electron chi connectivity index (χ3n) is 4.93. The Bertz CT molecular complexity index is 724. The summed E-state index contributed by atoms with van der Waals surface area (Å²) in [6, 6.07) is -0.555. The Morgan fingerprint density at radius 2 is 2.00 bits per heavy atom. The number of carbonyl (C=O) groups is 2. The Labute approximate surface area is 139 Å². The summed E-state index contributed by atoms with van der Waals surface area (Å²) in [7, 11) is 1.64. The molecule has 0 radical (unpaired) electrons. The molecule has 2 N–H and O–H groups in total. The normalized spacial score (nSPS) is 23.4. The first kappa shape index (κ1) is 16.7. The SMILES string of the molecule is Cn1cc(C(=O)N[C@@H]2COCC[C@@H]2C(=O)O)c2c(c1=O)CCCC2. The molecule has 0 bridgehead atoms. The molecule has 3 rings (SSSR count). The summed E-state index contributed by atoms with van der Waals surface area (Å²) >= 11 is 0. The zero-order valence-electron chi connectivity index (χ0n) is 13.7. The van der Waals surface area contributed by atoms with Gasteiger partial charge in [-0.15, -0.1) is 0 Å². The molecule has 7 nitrogen and oxygen atoms in total. The van der Waals surface area contributed by atoms with Crippen LogP contribution in [-0.2, 0) is 29.4 Å². The van der Waals surface area contributed by atoms with Crippen LogP contribution < -0.4 is 10.9 Å². The molecule has 130 valence electrons. The molecular weight excluding hydrogens is 312 g/mol. The van der Waals surface area contributed by atoms with E-state index in [0.29, 0.717) is 37.0 Å². The number of hydrogen-bond acceptors (Lipinski definition) is 4. The van der Waals surface area contributed by atoms with E-state index in [1.54, 1.807) is 13.2 Å². The number of amides is 1. The van der Waals surface area contributed by atoms with Crippen molar-refractivity contribution in [1.82, 2.24) is 9.88 Å². The molecule has 0 saturated carbocycles. The van der Waals surface area contributed by atoms with Crippen molar-refractivity contribution in [3.8, 4) is 0 Å². The van der Waals surface area contributed by atoms with Gasteiger partial charge in [0.05, 0.1) is 24.1 Å². The van der Waals surface area contributed by atoms with E-state index >= 15 is 0 Å². The Morgan fingerprint density at radius 3 is 2.71 bits per heavy atom. The van der Waals surface area contributed by atoms with Gasteiger partial charge < -0.3 is 19.7 Å². The first-order valence-electron chi connectivity index (χ1n) is 8.32. The van der Waals surface area contributed by atoms with Gasteiger partial charge in [-0.25, -0.2) is 0 Å². The number of nitrogens with zero attached hydrogens (tertiary/aromatic N) is 1. The molecule has 2 atom stereocenters. The van der Waals surface area contributed by atoms with E-state index in [0.717, 1.165) is 18.4 Å². The lowest BCUT2D eigenvalue weighted by Crippen LogP contribution is -2.49. The molecule has 24 heavy (non-hydrogen) atoms. The Morgan fingerprint density at radius 1 is 1.29 bits per heavy atom. The second-order valence-electron chi connectivity index (χ2n) is 6.51. The molecule has 2 heterocycles. The molecule has 0 unspecified atom stereocenters. The zero-order chi connectivity index (χ0) is 17.3. The van der Waals surface area contributed by atoms with Gasteiger partial charge in [-0.05, 0) is 37.7 Å². The number of rotatable bonds is 3. The first-order valence-corrected chi connectivity index (χ1v) is 8.32. The summed E-state index contributed by atoms with van der Waals surface area (Å²) < 4.78 is 6.76. The molecule has 0 aromatic carbocycles. The van der Waals surface area contributed by atoms with Crippen LogP contribution in [0.3, 0.4) is 0 Å². The fraction of sp³-hybridized carbons (Fsp3) is 0.588. The van der Waals surface area contributed by atoms with Gasteiger partial charge in [0.2, 0.25) is 0 Å². The van der Waals surface area contributed by atoms with Crippen molar-refractivity contribution >= 4 is 11.9 Å². The fourth-order valence-electron chi connectivity index (χ4n) is 3.60. The van der Waals surface area contributed by atoms with E-state index in [1.165, 1.54) is 4.57 Å². The lowest BCUT2D eigenvalue weighted by molar-refractivity contribution is -0.146. The highest BCUT2D eigenvalue weighted by molar-refractivity contribution is 5.96. The number of aryl methyl sites for hydroxylation is 1. The number of carboxylic acid groups (broad SMARTS) is 1. The molecule has 0 spiro atoms. The molecule has 2 aliphatic rings. The number of hydrogen-bond donors (Lipinski definition) is 2. The molecule has 7 heteroatoms. The molecule has 1 aliphatic heterocycles. The molecule has 1 saturated heterocycles. The smallest absolute Gasteiger partial charge is 0.308 e. The molecule has 1 aliphatic carbocycles. The third kappa shape index (κ3) is 3.08. The van der Waals surface area contributed by atoms with Crippen LogP contribution in [0.15, 0.2) is 11.0 Å². The first-order chi connectivity index (χ1) is 11.5. The number of ether oxygens (including phenoxy) is 1. The lowest BCUT2D eigenvalue weighted by Gasteiger charge is -2.30. The van der Waals surface area contributed by atoms with Gasteiger partial charge >= 0.3 is 5.97 Å². The minimum absolute atomic E-state index is 0.0503. The summed E-state index contributed by atoms with van der Waals surface area (Å²) in [5.74, 6) is -1.90. The molecule has 1 fully saturated rings. The van der Waals surface area contributed by atoms with Crippen LogP contribution in [-0.4, -0.2) is 40.8 Å². The number of fused-ring (bicyclic) bond motifs is 1. The van der Waals surface area contributed by atoms with Gasteiger partial charge in [0.15, 0.2) is 0 Å². The number of aromatic nitrogens is 1. The fourth-order valence-corrected chi connectivity index (χ4v) is 3.60.